The Kier molecular flexibility index (Phi) is 6.72. The van der Waals surface area contributed by atoms with Crippen molar-refractivity contribution in [1.82, 2.24) is 10.6 Å². The molecule has 6 heteroatoms. The summed E-state index contributed by atoms with van der Waals surface area (Å²) in [7, 11) is 0. The number of carbonyl (C=O) groups is 1. The van der Waals surface area contributed by atoms with E-state index in [-0.39, 0.29) is 29.8 Å². The predicted molar refractivity (Wildman–Crippen MR) is 94.5 cm³/mol. The van der Waals surface area contributed by atoms with Crippen molar-refractivity contribution < 1.29 is 9.53 Å². The smallest absolute Gasteiger partial charge is 0.237 e. The zero-order valence-corrected chi connectivity index (χ0v) is 14.7. The number of hydrogen-bond acceptors (Lipinski definition) is 3. The van der Waals surface area contributed by atoms with Crippen LogP contribution in [-0.4, -0.2) is 38.3 Å². The summed E-state index contributed by atoms with van der Waals surface area (Å²) in [5.74, 6) is 0.107. The highest BCUT2D eigenvalue weighted by Crippen LogP contribution is 2.38. The average molecular weight is 359 g/mol. The van der Waals surface area contributed by atoms with E-state index < -0.39 is 0 Å². The van der Waals surface area contributed by atoms with Gasteiger partial charge in [-0.1, -0.05) is 29.8 Å². The molecule has 4 nitrogen and oxygen atoms in total. The zero-order valence-electron chi connectivity index (χ0n) is 13.1. The SMILES string of the molecule is Cl.O=C(NCC1(c2ccccc2Cl)CCOCC1)C1CCCN1. The normalized spacial score (nSPS) is 23.1. The van der Waals surface area contributed by atoms with E-state index in [1.165, 1.54) is 0 Å². The van der Waals surface area contributed by atoms with E-state index in [0.717, 1.165) is 42.8 Å². The lowest BCUT2D eigenvalue weighted by atomic mass is 9.74. The average Bonchev–Trinajstić information content (AvgIpc) is 3.08. The lowest BCUT2D eigenvalue weighted by Gasteiger charge is -2.38. The fourth-order valence-electron chi connectivity index (χ4n) is 3.48. The van der Waals surface area contributed by atoms with Gasteiger partial charge in [-0.15, -0.1) is 12.4 Å². The topological polar surface area (TPSA) is 50.4 Å². The zero-order chi connectivity index (χ0) is 15.4. The van der Waals surface area contributed by atoms with Gasteiger partial charge in [-0.2, -0.15) is 0 Å². The number of ether oxygens (including phenoxy) is 1. The number of halogens is 2. The molecule has 2 N–H and O–H groups in total. The number of nitrogens with one attached hydrogen (secondary N) is 2. The van der Waals surface area contributed by atoms with Gasteiger partial charge in [-0.05, 0) is 43.9 Å². The van der Waals surface area contributed by atoms with Gasteiger partial charge in [0.1, 0.15) is 0 Å². The molecule has 1 atom stereocenters. The maximum Gasteiger partial charge on any atom is 0.237 e. The molecule has 1 unspecified atom stereocenters. The van der Waals surface area contributed by atoms with Crippen LogP contribution in [0.2, 0.25) is 5.02 Å². The first-order valence-corrected chi connectivity index (χ1v) is 8.43. The van der Waals surface area contributed by atoms with Gasteiger partial charge in [0.05, 0.1) is 6.04 Å². The van der Waals surface area contributed by atoms with Crippen molar-refractivity contribution in [3.05, 3.63) is 34.9 Å². The molecule has 1 aromatic rings. The fourth-order valence-corrected chi connectivity index (χ4v) is 3.82. The Morgan fingerprint density at radius 2 is 2.09 bits per heavy atom. The van der Waals surface area contributed by atoms with E-state index in [1.54, 1.807) is 0 Å². The number of carbonyl (C=O) groups excluding carboxylic acids is 1. The highest BCUT2D eigenvalue weighted by atomic mass is 35.5. The summed E-state index contributed by atoms with van der Waals surface area (Å²) < 4.78 is 5.52. The van der Waals surface area contributed by atoms with Crippen molar-refractivity contribution in [3.8, 4) is 0 Å². The molecule has 23 heavy (non-hydrogen) atoms. The van der Waals surface area contributed by atoms with Crippen LogP contribution in [0, 0.1) is 0 Å². The van der Waals surface area contributed by atoms with Crippen LogP contribution in [0.25, 0.3) is 0 Å². The van der Waals surface area contributed by atoms with Gasteiger partial charge < -0.3 is 15.4 Å². The van der Waals surface area contributed by atoms with Crippen molar-refractivity contribution in [2.45, 2.75) is 37.1 Å². The van der Waals surface area contributed by atoms with Crippen LogP contribution in [0.1, 0.15) is 31.2 Å². The lowest BCUT2D eigenvalue weighted by molar-refractivity contribution is -0.123. The molecule has 2 fully saturated rings. The highest BCUT2D eigenvalue weighted by molar-refractivity contribution is 6.31. The lowest BCUT2D eigenvalue weighted by Crippen LogP contribution is -2.48. The van der Waals surface area contributed by atoms with E-state index in [1.807, 2.05) is 18.2 Å². The Bertz CT molecular complexity index is 527. The van der Waals surface area contributed by atoms with Crippen LogP contribution in [0.4, 0.5) is 0 Å². The minimum Gasteiger partial charge on any atom is -0.381 e. The minimum atomic E-state index is -0.120. The van der Waals surface area contributed by atoms with E-state index >= 15 is 0 Å². The van der Waals surface area contributed by atoms with E-state index in [0.29, 0.717) is 19.8 Å². The summed E-state index contributed by atoms with van der Waals surface area (Å²) in [6.07, 6.45) is 3.76. The van der Waals surface area contributed by atoms with Crippen LogP contribution in [0.5, 0.6) is 0 Å². The molecule has 2 heterocycles. The van der Waals surface area contributed by atoms with Crippen molar-refractivity contribution >= 4 is 29.9 Å². The molecule has 0 bridgehead atoms. The van der Waals surface area contributed by atoms with Gasteiger partial charge in [0.15, 0.2) is 0 Å². The Balaban J connectivity index is 0.00000192. The molecule has 2 aliphatic rings. The Morgan fingerprint density at radius 3 is 2.74 bits per heavy atom. The minimum absolute atomic E-state index is 0. The molecule has 1 aromatic carbocycles. The van der Waals surface area contributed by atoms with Crippen molar-refractivity contribution in [2.24, 2.45) is 0 Å². The van der Waals surface area contributed by atoms with Crippen molar-refractivity contribution in [3.63, 3.8) is 0 Å². The Hall–Kier alpha value is -0.810. The molecule has 2 saturated heterocycles. The maximum absolute atomic E-state index is 12.3. The largest absolute Gasteiger partial charge is 0.381 e. The van der Waals surface area contributed by atoms with E-state index in [4.69, 9.17) is 16.3 Å². The number of amides is 1. The van der Waals surface area contributed by atoms with Crippen LogP contribution in [0.3, 0.4) is 0 Å². The van der Waals surface area contributed by atoms with Gasteiger partial charge in [0.2, 0.25) is 5.91 Å². The second-order valence-electron chi connectivity index (χ2n) is 6.24. The molecule has 0 aromatic heterocycles. The standard InChI is InChI=1S/C17H23ClN2O2.ClH/c18-14-5-2-1-4-13(14)17(7-10-22-11-8-17)12-20-16(21)15-6-3-9-19-15;/h1-2,4-5,15,19H,3,6-12H2,(H,20,21);1H. The molecule has 0 spiro atoms. The van der Waals surface area contributed by atoms with E-state index in [2.05, 4.69) is 16.7 Å². The fraction of sp³-hybridized carbons (Fsp3) is 0.588. The van der Waals surface area contributed by atoms with Gasteiger partial charge in [0, 0.05) is 30.2 Å². The Labute approximate surface area is 148 Å². The first-order valence-electron chi connectivity index (χ1n) is 8.05. The van der Waals surface area contributed by atoms with Crippen LogP contribution in [-0.2, 0) is 14.9 Å². The quantitative estimate of drug-likeness (QED) is 0.869. The van der Waals surface area contributed by atoms with Gasteiger partial charge in [0.25, 0.3) is 0 Å². The van der Waals surface area contributed by atoms with Crippen molar-refractivity contribution in [2.75, 3.05) is 26.3 Å². The third-order valence-corrected chi connectivity index (χ3v) is 5.20. The predicted octanol–water partition coefficient (Wildman–Crippen LogP) is 2.68. The summed E-state index contributed by atoms with van der Waals surface area (Å²) in [6, 6.07) is 7.92. The van der Waals surface area contributed by atoms with Gasteiger partial charge in [-0.25, -0.2) is 0 Å². The number of benzene rings is 1. The van der Waals surface area contributed by atoms with Gasteiger partial charge >= 0.3 is 0 Å². The Morgan fingerprint density at radius 1 is 1.35 bits per heavy atom. The number of hydrogen-bond donors (Lipinski definition) is 2. The second-order valence-corrected chi connectivity index (χ2v) is 6.65. The second kappa shape index (κ2) is 8.34. The third kappa shape index (κ3) is 4.18. The molecule has 3 rings (SSSR count). The summed E-state index contributed by atoms with van der Waals surface area (Å²) in [5.41, 5.74) is 1.00. The molecular weight excluding hydrogens is 335 g/mol. The monoisotopic (exact) mass is 358 g/mol. The van der Waals surface area contributed by atoms with Crippen LogP contribution >= 0.6 is 24.0 Å². The molecule has 128 valence electrons. The van der Waals surface area contributed by atoms with Crippen molar-refractivity contribution in [1.29, 1.82) is 0 Å². The first kappa shape index (κ1) is 18.5. The van der Waals surface area contributed by atoms with Gasteiger partial charge in [-0.3, -0.25) is 4.79 Å². The van der Waals surface area contributed by atoms with Crippen LogP contribution in [0.15, 0.2) is 24.3 Å². The molecule has 0 radical (unpaired) electrons. The third-order valence-electron chi connectivity index (χ3n) is 4.87. The first-order chi connectivity index (χ1) is 10.7. The summed E-state index contributed by atoms with van der Waals surface area (Å²) >= 11 is 6.42. The molecule has 0 saturated carbocycles. The van der Waals surface area contributed by atoms with E-state index in [9.17, 15) is 4.79 Å². The highest BCUT2D eigenvalue weighted by Gasteiger charge is 2.37. The summed E-state index contributed by atoms with van der Waals surface area (Å²) in [5, 5.41) is 7.17. The molecule has 1 amide bonds. The summed E-state index contributed by atoms with van der Waals surface area (Å²) in [4.78, 5) is 12.3. The molecule has 0 aliphatic carbocycles. The van der Waals surface area contributed by atoms with Crippen LogP contribution < -0.4 is 10.6 Å². The molecule has 2 aliphatic heterocycles. The number of rotatable bonds is 4. The maximum atomic E-state index is 12.3. The summed E-state index contributed by atoms with van der Waals surface area (Å²) in [6.45, 7) is 2.98. The molecular formula is C17H24Cl2N2O2.